The van der Waals surface area contributed by atoms with Gasteiger partial charge in [-0.1, -0.05) is 12.1 Å². The summed E-state index contributed by atoms with van der Waals surface area (Å²) in [5, 5.41) is 7.39. The number of nitrogens with one attached hydrogen (secondary N) is 1. The van der Waals surface area contributed by atoms with E-state index in [0.29, 0.717) is 5.82 Å². The van der Waals surface area contributed by atoms with Gasteiger partial charge in [-0.2, -0.15) is 4.98 Å². The molecule has 1 aliphatic heterocycles. The Balaban J connectivity index is 2.22. The van der Waals surface area contributed by atoms with Crippen LogP contribution in [-0.4, -0.2) is 30.3 Å². The Kier molecular flexibility index (Phi) is 3.79. The molecule has 1 saturated heterocycles. The van der Waals surface area contributed by atoms with Gasteiger partial charge in [0.05, 0.1) is 5.41 Å². The van der Waals surface area contributed by atoms with Crippen molar-refractivity contribution in [2.24, 2.45) is 0 Å². The van der Waals surface area contributed by atoms with Crippen LogP contribution in [0.25, 0.3) is 0 Å². The van der Waals surface area contributed by atoms with Crippen LogP contribution in [-0.2, 0) is 10.2 Å². The molecule has 1 fully saturated rings. The predicted octanol–water partition coefficient (Wildman–Crippen LogP) is 1.81. The molecule has 96 valence electrons. The maximum Gasteiger partial charge on any atom is 0.233 e. The minimum Gasteiger partial charge on any atom is -0.374 e. The first kappa shape index (κ1) is 12.5. The number of aromatic nitrogens is 2. The largest absolute Gasteiger partial charge is 0.374 e. The van der Waals surface area contributed by atoms with Crippen molar-refractivity contribution in [3.8, 4) is 0 Å². The zero-order chi connectivity index (χ0) is 12.3. The number of nitrogens with zero attached hydrogens (tertiary/aromatic N) is 2. The van der Waals surface area contributed by atoms with E-state index in [4.69, 9.17) is 9.26 Å². The molecule has 1 N–H and O–H groups in total. The first-order chi connectivity index (χ1) is 8.22. The molecule has 17 heavy (non-hydrogen) atoms. The van der Waals surface area contributed by atoms with Crippen molar-refractivity contribution >= 4 is 0 Å². The molecular formula is C12H21N3O2. The summed E-state index contributed by atoms with van der Waals surface area (Å²) in [5.74, 6) is 1.43. The van der Waals surface area contributed by atoms with E-state index >= 15 is 0 Å². The van der Waals surface area contributed by atoms with E-state index in [9.17, 15) is 0 Å². The average molecular weight is 239 g/mol. The van der Waals surface area contributed by atoms with Crippen LogP contribution in [0.3, 0.4) is 0 Å². The number of hydrogen-bond donors (Lipinski definition) is 1. The summed E-state index contributed by atoms with van der Waals surface area (Å²) in [4.78, 5) is 4.52. The highest BCUT2D eigenvalue weighted by molar-refractivity contribution is 5.08. The fraction of sp³-hybridized carbons (Fsp3) is 0.833. The Hall–Kier alpha value is -0.940. The minimum absolute atomic E-state index is 0.0595. The van der Waals surface area contributed by atoms with Crippen LogP contribution in [0.15, 0.2) is 4.52 Å². The smallest absolute Gasteiger partial charge is 0.233 e. The standard InChI is InChI=1S/C12H21N3O2/c1-4-12(5-7-13-8-6-12)11-14-10(15-17-11)9(2)16-3/h9,13H,4-8H2,1-3H3. The van der Waals surface area contributed by atoms with Gasteiger partial charge in [-0.25, -0.2) is 0 Å². The van der Waals surface area contributed by atoms with Crippen LogP contribution < -0.4 is 5.32 Å². The molecule has 0 bridgehead atoms. The van der Waals surface area contributed by atoms with E-state index in [2.05, 4.69) is 22.4 Å². The van der Waals surface area contributed by atoms with Crippen molar-refractivity contribution in [1.82, 2.24) is 15.5 Å². The topological polar surface area (TPSA) is 60.2 Å². The van der Waals surface area contributed by atoms with Gasteiger partial charge in [0.2, 0.25) is 5.89 Å². The molecule has 1 atom stereocenters. The lowest BCUT2D eigenvalue weighted by Crippen LogP contribution is -2.39. The average Bonchev–Trinajstić information content (AvgIpc) is 2.88. The van der Waals surface area contributed by atoms with Crippen molar-refractivity contribution in [1.29, 1.82) is 0 Å². The number of piperidine rings is 1. The predicted molar refractivity (Wildman–Crippen MR) is 63.8 cm³/mol. The summed E-state index contributed by atoms with van der Waals surface area (Å²) >= 11 is 0. The first-order valence-electron chi connectivity index (χ1n) is 6.29. The molecule has 5 nitrogen and oxygen atoms in total. The van der Waals surface area contributed by atoms with Gasteiger partial charge in [0.15, 0.2) is 5.82 Å². The molecule has 0 radical (unpaired) electrons. The molecule has 0 spiro atoms. The Bertz CT molecular complexity index is 358. The van der Waals surface area contributed by atoms with Gasteiger partial charge >= 0.3 is 0 Å². The molecule has 2 rings (SSSR count). The number of hydrogen-bond acceptors (Lipinski definition) is 5. The monoisotopic (exact) mass is 239 g/mol. The second kappa shape index (κ2) is 5.14. The van der Waals surface area contributed by atoms with E-state index in [1.165, 1.54) is 0 Å². The Morgan fingerprint density at radius 3 is 2.76 bits per heavy atom. The van der Waals surface area contributed by atoms with Gasteiger partial charge in [0, 0.05) is 7.11 Å². The number of rotatable bonds is 4. The van der Waals surface area contributed by atoms with Crippen LogP contribution in [0.4, 0.5) is 0 Å². The van der Waals surface area contributed by atoms with Crippen LogP contribution in [0, 0.1) is 0 Å². The Morgan fingerprint density at radius 2 is 2.18 bits per heavy atom. The maximum atomic E-state index is 5.45. The van der Waals surface area contributed by atoms with Crippen LogP contribution >= 0.6 is 0 Å². The van der Waals surface area contributed by atoms with E-state index in [-0.39, 0.29) is 11.5 Å². The fourth-order valence-electron chi connectivity index (χ4n) is 2.34. The lowest BCUT2D eigenvalue weighted by atomic mass is 9.76. The fourth-order valence-corrected chi connectivity index (χ4v) is 2.34. The third kappa shape index (κ3) is 2.35. The molecule has 0 saturated carbocycles. The van der Waals surface area contributed by atoms with Crippen molar-refractivity contribution in [2.75, 3.05) is 20.2 Å². The zero-order valence-electron chi connectivity index (χ0n) is 10.8. The quantitative estimate of drug-likeness (QED) is 0.868. The number of methoxy groups -OCH3 is 1. The van der Waals surface area contributed by atoms with Gasteiger partial charge in [0.1, 0.15) is 6.10 Å². The van der Waals surface area contributed by atoms with E-state index in [0.717, 1.165) is 38.2 Å². The van der Waals surface area contributed by atoms with E-state index < -0.39 is 0 Å². The highest BCUT2D eigenvalue weighted by Gasteiger charge is 2.37. The zero-order valence-corrected chi connectivity index (χ0v) is 10.8. The highest BCUT2D eigenvalue weighted by Crippen LogP contribution is 2.35. The summed E-state index contributed by atoms with van der Waals surface area (Å²) in [6.07, 6.45) is 3.06. The lowest BCUT2D eigenvalue weighted by Gasteiger charge is -2.33. The van der Waals surface area contributed by atoms with E-state index in [1.807, 2.05) is 6.92 Å². The summed E-state index contributed by atoms with van der Waals surface area (Å²) in [6, 6.07) is 0. The summed E-state index contributed by atoms with van der Waals surface area (Å²) in [5.41, 5.74) is 0.0595. The normalized spacial score (nSPS) is 21.4. The van der Waals surface area contributed by atoms with Crippen molar-refractivity contribution in [3.63, 3.8) is 0 Å². The van der Waals surface area contributed by atoms with Crippen molar-refractivity contribution in [2.45, 2.75) is 44.6 Å². The molecule has 1 aromatic heterocycles. The van der Waals surface area contributed by atoms with E-state index in [1.54, 1.807) is 7.11 Å². The number of ether oxygens (including phenoxy) is 1. The van der Waals surface area contributed by atoms with Gasteiger partial charge < -0.3 is 14.6 Å². The molecule has 0 aromatic carbocycles. The molecule has 5 heteroatoms. The SMILES string of the molecule is CCC1(c2nc(C(C)OC)no2)CCNCC1. The minimum atomic E-state index is -0.108. The van der Waals surface area contributed by atoms with Crippen LogP contribution in [0.1, 0.15) is 50.9 Å². The summed E-state index contributed by atoms with van der Waals surface area (Å²) in [6.45, 7) is 6.15. The highest BCUT2D eigenvalue weighted by atomic mass is 16.5. The van der Waals surface area contributed by atoms with Crippen molar-refractivity contribution < 1.29 is 9.26 Å². The van der Waals surface area contributed by atoms with Gasteiger partial charge in [-0.05, 0) is 39.3 Å². The molecule has 1 aromatic rings. The summed E-state index contributed by atoms with van der Waals surface area (Å²) in [7, 11) is 1.65. The lowest BCUT2D eigenvalue weighted by molar-refractivity contribution is 0.109. The maximum absolute atomic E-state index is 5.45. The first-order valence-corrected chi connectivity index (χ1v) is 6.29. The van der Waals surface area contributed by atoms with Crippen LogP contribution in [0.5, 0.6) is 0 Å². The molecule has 1 aliphatic rings. The Morgan fingerprint density at radius 1 is 1.47 bits per heavy atom. The van der Waals surface area contributed by atoms with Crippen molar-refractivity contribution in [3.05, 3.63) is 11.7 Å². The third-order valence-electron chi connectivity index (χ3n) is 3.85. The van der Waals surface area contributed by atoms with Crippen LogP contribution in [0.2, 0.25) is 0 Å². The molecule has 0 amide bonds. The second-order valence-corrected chi connectivity index (χ2v) is 4.72. The second-order valence-electron chi connectivity index (χ2n) is 4.72. The molecule has 1 unspecified atom stereocenters. The molecular weight excluding hydrogens is 218 g/mol. The third-order valence-corrected chi connectivity index (χ3v) is 3.85. The molecule has 2 heterocycles. The van der Waals surface area contributed by atoms with Gasteiger partial charge in [-0.15, -0.1) is 0 Å². The van der Waals surface area contributed by atoms with Gasteiger partial charge in [0.25, 0.3) is 0 Å². The Labute approximate surface area is 102 Å². The van der Waals surface area contributed by atoms with Gasteiger partial charge in [-0.3, -0.25) is 0 Å². The molecule has 0 aliphatic carbocycles. The summed E-state index contributed by atoms with van der Waals surface area (Å²) < 4.78 is 10.7.